The summed E-state index contributed by atoms with van der Waals surface area (Å²) in [4.78, 5) is 4.17. The van der Waals surface area contributed by atoms with Crippen molar-refractivity contribution in [1.82, 2.24) is 15.2 Å². The standard InChI is InChI=1S/C9H9N3OS/c13-6-4-8-11-12-9(14-8)7-3-1-2-5-10-7/h1-3,5,13H,4,6H2. The van der Waals surface area contributed by atoms with Crippen molar-refractivity contribution in [3.05, 3.63) is 29.4 Å². The van der Waals surface area contributed by atoms with Crippen molar-refractivity contribution in [3.63, 3.8) is 0 Å². The Balaban J connectivity index is 2.25. The number of aliphatic hydroxyl groups excluding tert-OH is 1. The van der Waals surface area contributed by atoms with Crippen molar-refractivity contribution < 1.29 is 5.11 Å². The van der Waals surface area contributed by atoms with Crippen LogP contribution in [0.1, 0.15) is 5.01 Å². The summed E-state index contributed by atoms with van der Waals surface area (Å²) in [6.45, 7) is 0.108. The Morgan fingerprint density at radius 1 is 1.29 bits per heavy atom. The maximum atomic E-state index is 8.72. The third kappa shape index (κ3) is 1.94. The second-order valence-electron chi connectivity index (χ2n) is 2.69. The molecule has 0 bridgehead atoms. The Morgan fingerprint density at radius 3 is 2.93 bits per heavy atom. The van der Waals surface area contributed by atoms with Crippen LogP contribution in [0.2, 0.25) is 0 Å². The summed E-state index contributed by atoms with van der Waals surface area (Å²) in [6.07, 6.45) is 2.28. The van der Waals surface area contributed by atoms with Gasteiger partial charge in [-0.15, -0.1) is 10.2 Å². The first kappa shape index (κ1) is 9.23. The topological polar surface area (TPSA) is 58.9 Å². The molecule has 0 amide bonds. The van der Waals surface area contributed by atoms with Gasteiger partial charge in [-0.1, -0.05) is 17.4 Å². The highest BCUT2D eigenvalue weighted by Gasteiger charge is 2.06. The second-order valence-corrected chi connectivity index (χ2v) is 3.75. The zero-order chi connectivity index (χ0) is 9.80. The molecule has 2 heterocycles. The van der Waals surface area contributed by atoms with Gasteiger partial charge in [-0.2, -0.15) is 0 Å². The molecule has 2 aromatic rings. The zero-order valence-corrected chi connectivity index (χ0v) is 8.24. The van der Waals surface area contributed by atoms with Crippen LogP contribution in [0.4, 0.5) is 0 Å². The largest absolute Gasteiger partial charge is 0.396 e. The minimum absolute atomic E-state index is 0.108. The quantitative estimate of drug-likeness (QED) is 0.819. The molecule has 0 aliphatic carbocycles. The average Bonchev–Trinajstić information content (AvgIpc) is 2.68. The van der Waals surface area contributed by atoms with Crippen molar-refractivity contribution in [2.75, 3.05) is 6.61 Å². The van der Waals surface area contributed by atoms with Crippen LogP contribution in [0.3, 0.4) is 0 Å². The Kier molecular flexibility index (Phi) is 2.81. The first-order valence-corrected chi connectivity index (χ1v) is 5.06. The summed E-state index contributed by atoms with van der Waals surface area (Å²) in [7, 11) is 0. The maximum Gasteiger partial charge on any atom is 0.166 e. The number of pyridine rings is 1. The highest BCUT2D eigenvalue weighted by atomic mass is 32.1. The molecule has 0 aliphatic heterocycles. The van der Waals surface area contributed by atoms with E-state index >= 15 is 0 Å². The van der Waals surface area contributed by atoms with Gasteiger partial charge in [-0.25, -0.2) is 0 Å². The van der Waals surface area contributed by atoms with Crippen LogP contribution in [-0.2, 0) is 6.42 Å². The number of hydrogen-bond donors (Lipinski definition) is 1. The van der Waals surface area contributed by atoms with Gasteiger partial charge in [0, 0.05) is 19.2 Å². The van der Waals surface area contributed by atoms with Crippen LogP contribution in [0.25, 0.3) is 10.7 Å². The summed E-state index contributed by atoms with van der Waals surface area (Å²) in [5.74, 6) is 0. The number of aromatic nitrogens is 3. The van der Waals surface area contributed by atoms with Crippen LogP contribution in [-0.4, -0.2) is 26.9 Å². The molecule has 0 saturated heterocycles. The van der Waals surface area contributed by atoms with Crippen LogP contribution in [0.5, 0.6) is 0 Å². The highest BCUT2D eigenvalue weighted by Crippen LogP contribution is 2.20. The molecule has 0 aliphatic rings. The van der Waals surface area contributed by atoms with E-state index in [1.54, 1.807) is 6.20 Å². The fraction of sp³-hybridized carbons (Fsp3) is 0.222. The summed E-state index contributed by atoms with van der Waals surface area (Å²) in [6, 6.07) is 5.66. The molecule has 2 aromatic heterocycles. The predicted octanol–water partition coefficient (Wildman–Crippen LogP) is 1.13. The molecule has 1 N–H and O–H groups in total. The number of hydrogen-bond acceptors (Lipinski definition) is 5. The van der Waals surface area contributed by atoms with Gasteiger partial charge >= 0.3 is 0 Å². The van der Waals surface area contributed by atoms with Crippen molar-refractivity contribution in [3.8, 4) is 10.7 Å². The predicted molar refractivity (Wildman–Crippen MR) is 53.9 cm³/mol. The molecule has 0 saturated carbocycles. The fourth-order valence-electron chi connectivity index (χ4n) is 1.04. The maximum absolute atomic E-state index is 8.72. The van der Waals surface area contributed by atoms with Crippen molar-refractivity contribution in [2.24, 2.45) is 0 Å². The van der Waals surface area contributed by atoms with E-state index < -0.39 is 0 Å². The van der Waals surface area contributed by atoms with Gasteiger partial charge in [0.2, 0.25) is 0 Å². The van der Waals surface area contributed by atoms with Crippen molar-refractivity contribution in [2.45, 2.75) is 6.42 Å². The monoisotopic (exact) mass is 207 g/mol. The molecule has 0 radical (unpaired) electrons. The van der Waals surface area contributed by atoms with Gasteiger partial charge in [-0.3, -0.25) is 4.98 Å². The molecule has 0 aromatic carbocycles. The van der Waals surface area contributed by atoms with Crippen LogP contribution >= 0.6 is 11.3 Å². The highest BCUT2D eigenvalue weighted by molar-refractivity contribution is 7.14. The summed E-state index contributed by atoms with van der Waals surface area (Å²) < 4.78 is 0. The van der Waals surface area contributed by atoms with E-state index in [-0.39, 0.29) is 6.61 Å². The Morgan fingerprint density at radius 2 is 2.21 bits per heavy atom. The van der Waals surface area contributed by atoms with Crippen molar-refractivity contribution in [1.29, 1.82) is 0 Å². The summed E-state index contributed by atoms with van der Waals surface area (Å²) in [5.41, 5.74) is 0.828. The molecule has 0 fully saturated rings. The molecular formula is C9H9N3OS. The van der Waals surface area contributed by atoms with Gasteiger partial charge in [0.25, 0.3) is 0 Å². The first-order chi connectivity index (χ1) is 6.90. The molecular weight excluding hydrogens is 198 g/mol. The molecule has 14 heavy (non-hydrogen) atoms. The molecule has 0 spiro atoms. The number of rotatable bonds is 3. The lowest BCUT2D eigenvalue weighted by atomic mass is 10.4. The summed E-state index contributed by atoms with van der Waals surface area (Å²) >= 11 is 1.47. The normalized spacial score (nSPS) is 10.4. The SMILES string of the molecule is OCCc1nnc(-c2ccccn2)s1. The minimum atomic E-state index is 0.108. The van der Waals surface area contributed by atoms with Crippen LogP contribution < -0.4 is 0 Å². The molecule has 72 valence electrons. The Hall–Kier alpha value is -1.33. The third-order valence-corrected chi connectivity index (χ3v) is 2.68. The van der Waals surface area contributed by atoms with E-state index in [1.165, 1.54) is 11.3 Å². The van der Waals surface area contributed by atoms with E-state index in [2.05, 4.69) is 15.2 Å². The van der Waals surface area contributed by atoms with Gasteiger partial charge in [0.05, 0.1) is 0 Å². The lowest BCUT2D eigenvalue weighted by Crippen LogP contribution is -1.88. The number of aliphatic hydroxyl groups is 1. The number of nitrogens with zero attached hydrogens (tertiary/aromatic N) is 3. The van der Waals surface area contributed by atoms with Gasteiger partial charge in [0.1, 0.15) is 10.7 Å². The van der Waals surface area contributed by atoms with Crippen LogP contribution in [0, 0.1) is 0 Å². The lowest BCUT2D eigenvalue weighted by Gasteiger charge is -1.90. The van der Waals surface area contributed by atoms with E-state index in [0.717, 1.165) is 15.7 Å². The molecule has 2 rings (SSSR count). The van der Waals surface area contributed by atoms with E-state index in [0.29, 0.717) is 6.42 Å². The van der Waals surface area contributed by atoms with Crippen molar-refractivity contribution >= 4 is 11.3 Å². The zero-order valence-electron chi connectivity index (χ0n) is 7.42. The van der Waals surface area contributed by atoms with Gasteiger partial charge < -0.3 is 5.11 Å². The smallest absolute Gasteiger partial charge is 0.166 e. The third-order valence-electron chi connectivity index (χ3n) is 1.68. The average molecular weight is 207 g/mol. The molecule has 0 unspecified atom stereocenters. The second kappa shape index (κ2) is 4.26. The van der Waals surface area contributed by atoms with E-state index in [9.17, 15) is 0 Å². The fourth-order valence-corrected chi connectivity index (χ4v) is 1.85. The summed E-state index contributed by atoms with van der Waals surface area (Å²) in [5, 5.41) is 18.3. The van der Waals surface area contributed by atoms with E-state index in [4.69, 9.17) is 5.11 Å². The van der Waals surface area contributed by atoms with Crippen LogP contribution in [0.15, 0.2) is 24.4 Å². The molecule has 4 nitrogen and oxygen atoms in total. The lowest BCUT2D eigenvalue weighted by molar-refractivity contribution is 0.299. The molecule has 0 atom stereocenters. The Labute approximate surface area is 85.3 Å². The Bertz CT molecular complexity index is 401. The first-order valence-electron chi connectivity index (χ1n) is 4.25. The van der Waals surface area contributed by atoms with Gasteiger partial charge in [0.15, 0.2) is 5.01 Å². The minimum Gasteiger partial charge on any atom is -0.396 e. The molecule has 5 heteroatoms. The van der Waals surface area contributed by atoms with Gasteiger partial charge in [-0.05, 0) is 12.1 Å². The van der Waals surface area contributed by atoms with E-state index in [1.807, 2.05) is 18.2 Å².